The molecule has 0 N–H and O–H groups in total. The van der Waals surface area contributed by atoms with Gasteiger partial charge in [-0.25, -0.2) is 0 Å². The SMILES string of the molecule is C=CCN1C(=O)S/C(=C\c2cc3c(cc2C)N(C)C(C)(C)C=C3C)C1=O. The van der Waals surface area contributed by atoms with Crippen LogP contribution in [0.4, 0.5) is 10.5 Å². The fourth-order valence-corrected chi connectivity index (χ4v) is 4.24. The van der Waals surface area contributed by atoms with Crippen LogP contribution in [-0.2, 0) is 4.79 Å². The van der Waals surface area contributed by atoms with E-state index >= 15 is 0 Å². The third-order valence-corrected chi connectivity index (χ3v) is 5.98. The summed E-state index contributed by atoms with van der Waals surface area (Å²) in [4.78, 5) is 28.4. The second kappa shape index (κ2) is 6.47. The Kier molecular flexibility index (Phi) is 4.61. The zero-order valence-corrected chi connectivity index (χ0v) is 16.7. The molecule has 136 valence electrons. The first-order chi connectivity index (χ1) is 12.2. The first kappa shape index (κ1) is 18.5. The van der Waals surface area contributed by atoms with Crippen molar-refractivity contribution in [1.29, 1.82) is 0 Å². The van der Waals surface area contributed by atoms with Crippen molar-refractivity contribution in [2.75, 3.05) is 18.5 Å². The molecule has 0 atom stereocenters. The minimum Gasteiger partial charge on any atom is -0.365 e. The summed E-state index contributed by atoms with van der Waals surface area (Å²) >= 11 is 0.990. The van der Waals surface area contributed by atoms with Gasteiger partial charge in [0.1, 0.15) is 0 Å². The van der Waals surface area contributed by atoms with Crippen molar-refractivity contribution in [2.24, 2.45) is 0 Å². The van der Waals surface area contributed by atoms with Crippen LogP contribution in [0.1, 0.15) is 37.5 Å². The van der Waals surface area contributed by atoms with E-state index in [4.69, 9.17) is 0 Å². The summed E-state index contributed by atoms with van der Waals surface area (Å²) in [7, 11) is 2.10. The van der Waals surface area contributed by atoms with E-state index in [0.717, 1.165) is 28.5 Å². The number of carbonyl (C=O) groups excluding carboxylic acids is 2. The lowest BCUT2D eigenvalue weighted by atomic mass is 9.87. The molecule has 0 radical (unpaired) electrons. The number of fused-ring (bicyclic) bond motifs is 1. The van der Waals surface area contributed by atoms with Crippen molar-refractivity contribution in [3.8, 4) is 0 Å². The van der Waals surface area contributed by atoms with Crippen LogP contribution < -0.4 is 4.90 Å². The molecule has 2 aliphatic heterocycles. The molecule has 1 saturated heterocycles. The van der Waals surface area contributed by atoms with E-state index in [2.05, 4.69) is 57.5 Å². The number of benzene rings is 1. The van der Waals surface area contributed by atoms with Gasteiger partial charge in [0.25, 0.3) is 11.1 Å². The molecule has 0 spiro atoms. The number of likely N-dealkylation sites (N-methyl/N-ethyl adjacent to an activating group) is 1. The predicted octanol–water partition coefficient (Wildman–Crippen LogP) is 4.85. The summed E-state index contributed by atoms with van der Waals surface area (Å²) in [6, 6.07) is 4.27. The molecule has 0 unspecified atom stereocenters. The topological polar surface area (TPSA) is 40.6 Å². The van der Waals surface area contributed by atoms with Gasteiger partial charge >= 0.3 is 0 Å². The van der Waals surface area contributed by atoms with Crippen LogP contribution in [0, 0.1) is 6.92 Å². The number of nitrogens with zero attached hydrogens (tertiary/aromatic N) is 2. The highest BCUT2D eigenvalue weighted by Gasteiger charge is 2.34. The Morgan fingerprint density at radius 1 is 1.23 bits per heavy atom. The number of hydrogen-bond acceptors (Lipinski definition) is 4. The zero-order valence-electron chi connectivity index (χ0n) is 15.9. The van der Waals surface area contributed by atoms with E-state index in [1.54, 1.807) is 6.08 Å². The number of allylic oxidation sites excluding steroid dienone is 1. The van der Waals surface area contributed by atoms with Crippen LogP contribution in [-0.4, -0.2) is 35.2 Å². The van der Waals surface area contributed by atoms with Crippen LogP contribution in [0.2, 0.25) is 0 Å². The molecule has 2 aliphatic rings. The fourth-order valence-electron chi connectivity index (χ4n) is 3.40. The lowest BCUT2D eigenvalue weighted by Crippen LogP contribution is -2.42. The van der Waals surface area contributed by atoms with Crippen molar-refractivity contribution in [3.63, 3.8) is 0 Å². The molecule has 0 aliphatic carbocycles. The first-order valence-electron chi connectivity index (χ1n) is 8.60. The van der Waals surface area contributed by atoms with Crippen LogP contribution in [0.3, 0.4) is 0 Å². The Morgan fingerprint density at radius 3 is 2.58 bits per heavy atom. The third-order valence-electron chi connectivity index (χ3n) is 5.08. The van der Waals surface area contributed by atoms with Gasteiger partial charge in [-0.1, -0.05) is 12.2 Å². The number of rotatable bonds is 3. The molecule has 1 aromatic carbocycles. The predicted molar refractivity (Wildman–Crippen MR) is 110 cm³/mol. The number of amides is 2. The highest BCUT2D eigenvalue weighted by Crippen LogP contribution is 2.40. The average molecular weight is 369 g/mol. The monoisotopic (exact) mass is 368 g/mol. The highest BCUT2D eigenvalue weighted by atomic mass is 32.2. The van der Waals surface area contributed by atoms with Crippen LogP contribution in [0.25, 0.3) is 11.6 Å². The normalized spacial score (nSPS) is 20.5. The quantitative estimate of drug-likeness (QED) is 0.565. The van der Waals surface area contributed by atoms with E-state index in [9.17, 15) is 9.59 Å². The number of aryl methyl sites for hydroxylation is 1. The molecule has 1 aromatic rings. The average Bonchev–Trinajstić information content (AvgIpc) is 2.82. The minimum atomic E-state index is -0.248. The minimum absolute atomic E-state index is 0.0433. The van der Waals surface area contributed by atoms with Gasteiger partial charge in [0.15, 0.2) is 0 Å². The second-order valence-electron chi connectivity index (χ2n) is 7.35. The van der Waals surface area contributed by atoms with E-state index in [-0.39, 0.29) is 23.2 Å². The Balaban J connectivity index is 2.04. The standard InChI is InChI=1S/C21H24N2O2S/c1-7-8-23-19(24)18(26-20(23)25)11-15-10-16-14(3)12-21(4,5)22(6)17(16)9-13(15)2/h7,9-12H,1,8H2,2-6H3/b18-11-. The van der Waals surface area contributed by atoms with Crippen molar-refractivity contribution in [3.05, 3.63) is 52.5 Å². The summed E-state index contributed by atoms with van der Waals surface area (Å²) in [5.41, 5.74) is 5.57. The first-order valence-corrected chi connectivity index (χ1v) is 9.42. The van der Waals surface area contributed by atoms with Gasteiger partial charge in [-0.15, -0.1) is 6.58 Å². The van der Waals surface area contributed by atoms with E-state index in [0.29, 0.717) is 4.91 Å². The molecule has 26 heavy (non-hydrogen) atoms. The van der Waals surface area contributed by atoms with Crippen molar-refractivity contribution < 1.29 is 9.59 Å². The lowest BCUT2D eigenvalue weighted by Gasteiger charge is -2.41. The Morgan fingerprint density at radius 2 is 1.92 bits per heavy atom. The summed E-state index contributed by atoms with van der Waals surface area (Å²) in [5.74, 6) is -0.248. The molecular weight excluding hydrogens is 344 g/mol. The van der Waals surface area contributed by atoms with E-state index in [1.807, 2.05) is 13.0 Å². The Labute approximate surface area is 159 Å². The van der Waals surface area contributed by atoms with Gasteiger partial charge < -0.3 is 4.90 Å². The number of anilines is 1. The summed E-state index contributed by atoms with van der Waals surface area (Å²) in [6.45, 7) is 12.4. The maximum Gasteiger partial charge on any atom is 0.293 e. The molecule has 3 rings (SSSR count). The Bertz CT molecular complexity index is 880. The molecule has 0 aromatic heterocycles. The number of carbonyl (C=O) groups is 2. The zero-order chi connectivity index (χ0) is 19.2. The van der Waals surface area contributed by atoms with Crippen molar-refractivity contribution >= 4 is 40.2 Å². The van der Waals surface area contributed by atoms with Gasteiger partial charge in [-0.3, -0.25) is 14.5 Å². The largest absolute Gasteiger partial charge is 0.365 e. The third kappa shape index (κ3) is 3.01. The highest BCUT2D eigenvalue weighted by molar-refractivity contribution is 8.18. The lowest BCUT2D eigenvalue weighted by molar-refractivity contribution is -0.122. The van der Waals surface area contributed by atoms with Crippen LogP contribution in [0.15, 0.2) is 35.8 Å². The molecule has 2 amide bonds. The number of hydrogen-bond donors (Lipinski definition) is 0. The molecule has 0 saturated carbocycles. The van der Waals surface area contributed by atoms with Crippen molar-refractivity contribution in [2.45, 2.75) is 33.2 Å². The van der Waals surface area contributed by atoms with Crippen LogP contribution >= 0.6 is 11.8 Å². The molecule has 5 heteroatoms. The maximum absolute atomic E-state index is 12.5. The second-order valence-corrected chi connectivity index (χ2v) is 8.34. The smallest absolute Gasteiger partial charge is 0.293 e. The summed E-state index contributed by atoms with van der Waals surface area (Å²) in [6.07, 6.45) is 5.65. The van der Waals surface area contributed by atoms with Gasteiger partial charge in [0.05, 0.1) is 10.4 Å². The number of thioether (sulfide) groups is 1. The Hall–Kier alpha value is -2.27. The maximum atomic E-state index is 12.5. The molecule has 1 fully saturated rings. The van der Waals surface area contributed by atoms with Gasteiger partial charge in [0.2, 0.25) is 0 Å². The van der Waals surface area contributed by atoms with Gasteiger partial charge in [0, 0.05) is 24.8 Å². The van der Waals surface area contributed by atoms with Crippen molar-refractivity contribution in [1.82, 2.24) is 4.90 Å². The van der Waals surface area contributed by atoms with Gasteiger partial charge in [-0.2, -0.15) is 0 Å². The number of imide groups is 1. The molecule has 2 heterocycles. The van der Waals surface area contributed by atoms with Gasteiger partial charge in [-0.05, 0) is 74.4 Å². The molecule has 0 bridgehead atoms. The summed E-state index contributed by atoms with van der Waals surface area (Å²) < 4.78 is 0. The molecule has 4 nitrogen and oxygen atoms in total. The summed E-state index contributed by atoms with van der Waals surface area (Å²) in [5, 5.41) is -0.241. The fraction of sp³-hybridized carbons (Fsp3) is 0.333. The van der Waals surface area contributed by atoms with Crippen LogP contribution in [0.5, 0.6) is 0 Å². The van der Waals surface area contributed by atoms with E-state index in [1.165, 1.54) is 16.2 Å². The molecular formula is C21H24N2O2S. The van der Waals surface area contributed by atoms with E-state index < -0.39 is 0 Å².